The molecule has 0 radical (unpaired) electrons. The van der Waals surface area contributed by atoms with Crippen LogP contribution in [0, 0.1) is 0 Å². The molecule has 23 heavy (non-hydrogen) atoms. The maximum Gasteiger partial charge on any atom is 0.241 e. The van der Waals surface area contributed by atoms with E-state index in [0.717, 1.165) is 23.2 Å². The number of rotatable bonds is 3. The van der Waals surface area contributed by atoms with E-state index >= 15 is 0 Å². The molecule has 3 aromatic rings. The second kappa shape index (κ2) is 5.64. The average molecular weight is 314 g/mol. The van der Waals surface area contributed by atoms with Crippen LogP contribution >= 0.6 is 0 Å². The van der Waals surface area contributed by atoms with Gasteiger partial charge in [0.2, 0.25) is 5.95 Å². The molecule has 2 N–H and O–H groups in total. The molecule has 0 saturated carbocycles. The zero-order chi connectivity index (χ0) is 15.8. The first kappa shape index (κ1) is 14.2. The van der Waals surface area contributed by atoms with E-state index in [-0.39, 0.29) is 6.04 Å². The van der Waals surface area contributed by atoms with Crippen LogP contribution in [0.4, 0.5) is 5.95 Å². The molecule has 120 valence electrons. The molecular weight excluding hydrogens is 296 g/mol. The van der Waals surface area contributed by atoms with Gasteiger partial charge in [-0.2, -0.15) is 5.10 Å². The lowest BCUT2D eigenvalue weighted by Gasteiger charge is -2.28. The van der Waals surface area contributed by atoms with Crippen molar-refractivity contribution in [2.75, 3.05) is 18.5 Å². The van der Waals surface area contributed by atoms with Gasteiger partial charge in [0.25, 0.3) is 0 Å². The van der Waals surface area contributed by atoms with Crippen molar-refractivity contribution in [2.45, 2.75) is 18.6 Å². The van der Waals surface area contributed by atoms with E-state index in [1.165, 1.54) is 0 Å². The van der Waals surface area contributed by atoms with Gasteiger partial charge in [-0.3, -0.25) is 4.68 Å². The Morgan fingerprint density at radius 1 is 1.35 bits per heavy atom. The summed E-state index contributed by atoms with van der Waals surface area (Å²) >= 11 is 0. The molecule has 1 saturated heterocycles. The van der Waals surface area contributed by atoms with E-state index in [0.29, 0.717) is 19.2 Å². The van der Waals surface area contributed by atoms with Gasteiger partial charge in [-0.25, -0.2) is 9.50 Å². The summed E-state index contributed by atoms with van der Waals surface area (Å²) in [6.07, 6.45) is 5.69. The minimum absolute atomic E-state index is 0.0985. The van der Waals surface area contributed by atoms with Crippen LogP contribution in [0.5, 0.6) is 0 Å². The van der Waals surface area contributed by atoms with Crippen LogP contribution in [0.2, 0.25) is 0 Å². The Labute approximate surface area is 132 Å². The van der Waals surface area contributed by atoms with Gasteiger partial charge < -0.3 is 15.2 Å². The van der Waals surface area contributed by atoms with Gasteiger partial charge >= 0.3 is 0 Å². The molecular formula is C15H18N6O2. The smallest absolute Gasteiger partial charge is 0.241 e. The molecule has 3 aromatic heterocycles. The molecule has 0 amide bonds. The number of fused-ring (bicyclic) bond motifs is 1. The second-order valence-electron chi connectivity index (χ2n) is 5.72. The Bertz CT molecular complexity index is 826. The highest BCUT2D eigenvalue weighted by Crippen LogP contribution is 2.21. The average Bonchev–Trinajstić information content (AvgIpc) is 3.15. The second-order valence-corrected chi connectivity index (χ2v) is 5.72. The Morgan fingerprint density at radius 3 is 3.04 bits per heavy atom. The summed E-state index contributed by atoms with van der Waals surface area (Å²) < 4.78 is 8.83. The third-order valence-electron chi connectivity index (χ3n) is 4.04. The molecule has 0 bridgehead atoms. The summed E-state index contributed by atoms with van der Waals surface area (Å²) in [5.41, 5.74) is 2.84. The fraction of sp³-hybridized carbons (Fsp3) is 0.400. The van der Waals surface area contributed by atoms with Crippen LogP contribution in [0.3, 0.4) is 0 Å². The van der Waals surface area contributed by atoms with E-state index in [2.05, 4.69) is 20.5 Å². The Kier molecular flexibility index (Phi) is 3.47. The van der Waals surface area contributed by atoms with E-state index < -0.39 is 6.10 Å². The van der Waals surface area contributed by atoms with Gasteiger partial charge in [0, 0.05) is 25.4 Å². The largest absolute Gasteiger partial charge is 0.389 e. The van der Waals surface area contributed by atoms with Crippen LogP contribution in [-0.2, 0) is 11.8 Å². The highest BCUT2D eigenvalue weighted by Gasteiger charge is 2.24. The van der Waals surface area contributed by atoms with Gasteiger partial charge in [0.1, 0.15) is 0 Å². The predicted molar refractivity (Wildman–Crippen MR) is 84.0 cm³/mol. The van der Waals surface area contributed by atoms with Gasteiger partial charge in [0.05, 0.1) is 42.4 Å². The summed E-state index contributed by atoms with van der Waals surface area (Å²) in [5.74, 6) is 0.491. The number of ether oxygens (including phenoxy) is 1. The zero-order valence-corrected chi connectivity index (χ0v) is 12.8. The molecule has 0 unspecified atom stereocenters. The van der Waals surface area contributed by atoms with Crippen LogP contribution in [0.15, 0.2) is 30.7 Å². The van der Waals surface area contributed by atoms with Crippen molar-refractivity contribution in [2.24, 2.45) is 7.05 Å². The minimum atomic E-state index is -0.550. The standard InChI is InChI=1S/C15H18N6O2/c1-20-8-10(6-17-20)13-3-2-11-7-16-15(19-21(11)13)18-12-4-5-23-9-14(12)22/h2-3,6-8,12,14,22H,4-5,9H2,1H3,(H,18,19)/t12-,14-/m1/s1. The molecule has 1 fully saturated rings. The molecule has 0 aliphatic carbocycles. The first-order chi connectivity index (χ1) is 11.2. The van der Waals surface area contributed by atoms with Gasteiger partial charge in [-0.15, -0.1) is 5.10 Å². The van der Waals surface area contributed by atoms with Crippen molar-refractivity contribution in [3.63, 3.8) is 0 Å². The van der Waals surface area contributed by atoms with Crippen molar-refractivity contribution >= 4 is 11.5 Å². The molecule has 4 heterocycles. The lowest BCUT2D eigenvalue weighted by Crippen LogP contribution is -2.42. The van der Waals surface area contributed by atoms with Crippen molar-refractivity contribution in [1.29, 1.82) is 0 Å². The van der Waals surface area contributed by atoms with Crippen molar-refractivity contribution < 1.29 is 9.84 Å². The summed E-state index contributed by atoms with van der Waals surface area (Å²) in [5, 5.41) is 21.9. The molecule has 8 nitrogen and oxygen atoms in total. The third-order valence-corrected chi connectivity index (χ3v) is 4.04. The molecule has 0 spiro atoms. The van der Waals surface area contributed by atoms with Crippen LogP contribution < -0.4 is 5.32 Å². The fourth-order valence-electron chi connectivity index (χ4n) is 2.80. The Balaban J connectivity index is 1.66. The van der Waals surface area contributed by atoms with Crippen molar-refractivity contribution in [3.05, 3.63) is 30.7 Å². The first-order valence-electron chi connectivity index (χ1n) is 7.57. The fourth-order valence-corrected chi connectivity index (χ4v) is 2.80. The third kappa shape index (κ3) is 2.66. The number of aromatic nitrogens is 5. The molecule has 4 rings (SSSR count). The van der Waals surface area contributed by atoms with Gasteiger partial charge in [-0.05, 0) is 18.6 Å². The topological polar surface area (TPSA) is 89.5 Å². The van der Waals surface area contributed by atoms with Crippen LogP contribution in [0.1, 0.15) is 6.42 Å². The van der Waals surface area contributed by atoms with E-state index in [1.54, 1.807) is 17.1 Å². The summed E-state index contributed by atoms with van der Waals surface area (Å²) in [4.78, 5) is 4.33. The minimum Gasteiger partial charge on any atom is -0.389 e. The number of aliphatic hydroxyl groups is 1. The maximum absolute atomic E-state index is 9.98. The number of hydrogen-bond acceptors (Lipinski definition) is 6. The quantitative estimate of drug-likeness (QED) is 0.739. The first-order valence-corrected chi connectivity index (χ1v) is 7.57. The van der Waals surface area contributed by atoms with Gasteiger partial charge in [-0.1, -0.05) is 0 Å². The van der Waals surface area contributed by atoms with E-state index in [4.69, 9.17) is 4.74 Å². The lowest BCUT2D eigenvalue weighted by atomic mass is 10.1. The summed E-state index contributed by atoms with van der Waals surface area (Å²) in [6, 6.07) is 3.86. The summed E-state index contributed by atoms with van der Waals surface area (Å²) in [7, 11) is 1.88. The van der Waals surface area contributed by atoms with E-state index in [9.17, 15) is 5.11 Å². The molecule has 8 heteroatoms. The number of hydrogen-bond donors (Lipinski definition) is 2. The number of anilines is 1. The number of aryl methyl sites for hydroxylation is 1. The SMILES string of the molecule is Cn1cc(-c2ccc3cnc(N[C@@H]4CCOC[C@H]4O)nn23)cn1. The van der Waals surface area contributed by atoms with Crippen LogP contribution in [-0.4, -0.2) is 54.8 Å². The molecule has 2 atom stereocenters. The molecule has 1 aliphatic rings. The Hall–Kier alpha value is -2.45. The predicted octanol–water partition coefficient (Wildman–Crippen LogP) is 0.691. The highest BCUT2D eigenvalue weighted by molar-refractivity contribution is 5.65. The lowest BCUT2D eigenvalue weighted by molar-refractivity contribution is -0.0136. The normalized spacial score (nSPS) is 21.7. The number of nitrogens with zero attached hydrogens (tertiary/aromatic N) is 5. The van der Waals surface area contributed by atoms with Crippen molar-refractivity contribution in [3.8, 4) is 11.3 Å². The highest BCUT2D eigenvalue weighted by atomic mass is 16.5. The summed E-state index contributed by atoms with van der Waals surface area (Å²) in [6.45, 7) is 0.964. The molecule has 0 aromatic carbocycles. The van der Waals surface area contributed by atoms with Crippen molar-refractivity contribution in [1.82, 2.24) is 24.4 Å². The monoisotopic (exact) mass is 314 g/mol. The van der Waals surface area contributed by atoms with Crippen LogP contribution in [0.25, 0.3) is 16.8 Å². The zero-order valence-electron chi connectivity index (χ0n) is 12.8. The van der Waals surface area contributed by atoms with E-state index in [1.807, 2.05) is 29.9 Å². The Morgan fingerprint density at radius 2 is 2.26 bits per heavy atom. The maximum atomic E-state index is 9.98. The number of nitrogens with one attached hydrogen (secondary N) is 1. The van der Waals surface area contributed by atoms with Gasteiger partial charge in [0.15, 0.2) is 0 Å². The molecule has 1 aliphatic heterocycles. The number of aliphatic hydroxyl groups excluding tert-OH is 1.